The number of para-hydroxylation sites is 1. The molecule has 0 fully saturated rings. The summed E-state index contributed by atoms with van der Waals surface area (Å²) in [6.07, 6.45) is 2.38. The summed E-state index contributed by atoms with van der Waals surface area (Å²) in [4.78, 5) is 22.2. The molecule has 2 aromatic heterocycles. The Morgan fingerprint density at radius 3 is 2.88 bits per heavy atom. The molecule has 26 heavy (non-hydrogen) atoms. The summed E-state index contributed by atoms with van der Waals surface area (Å²) in [7, 11) is 0. The fraction of sp³-hybridized carbons (Fsp3) is 0.200. The summed E-state index contributed by atoms with van der Waals surface area (Å²) in [5, 5.41) is 24.8. The second-order valence-electron chi connectivity index (χ2n) is 5.01. The van der Waals surface area contributed by atoms with E-state index >= 15 is 0 Å². The van der Waals surface area contributed by atoms with Gasteiger partial charge in [-0.2, -0.15) is 15.4 Å². The molecule has 0 aliphatic rings. The van der Waals surface area contributed by atoms with Crippen LogP contribution in [0.3, 0.4) is 0 Å². The van der Waals surface area contributed by atoms with Crippen molar-refractivity contribution >= 4 is 11.7 Å². The maximum atomic E-state index is 12.0. The lowest BCUT2D eigenvalue weighted by Gasteiger charge is -2.10. The smallest absolute Gasteiger partial charge is 0.361 e. The van der Waals surface area contributed by atoms with Crippen molar-refractivity contribution in [3.63, 3.8) is 0 Å². The molecule has 0 saturated carbocycles. The summed E-state index contributed by atoms with van der Waals surface area (Å²) < 4.78 is 11.9. The lowest BCUT2D eigenvalue weighted by Crippen LogP contribution is -2.08. The number of aromatic nitrogens is 5. The predicted octanol–water partition coefficient (Wildman–Crippen LogP) is 1.79. The van der Waals surface area contributed by atoms with E-state index in [1.165, 1.54) is 10.9 Å². The Morgan fingerprint density at radius 2 is 2.15 bits per heavy atom. The van der Waals surface area contributed by atoms with Gasteiger partial charge in [-0.05, 0) is 19.1 Å². The largest absolute Gasteiger partial charge is 0.471 e. The van der Waals surface area contributed by atoms with Crippen LogP contribution in [0.2, 0.25) is 0 Å². The van der Waals surface area contributed by atoms with Crippen LogP contribution in [0.1, 0.15) is 17.4 Å². The summed E-state index contributed by atoms with van der Waals surface area (Å²) in [5.74, 6) is -0.196. The van der Waals surface area contributed by atoms with E-state index in [0.29, 0.717) is 11.3 Å². The highest BCUT2D eigenvalue weighted by atomic mass is 16.6. The lowest BCUT2D eigenvalue weighted by molar-refractivity contribution is -0.385. The van der Waals surface area contributed by atoms with E-state index in [1.807, 2.05) is 0 Å². The number of benzene rings is 1. The highest BCUT2D eigenvalue weighted by Gasteiger charge is 2.21. The number of nitrogens with zero attached hydrogens (tertiary/aromatic N) is 5. The monoisotopic (exact) mass is 358 g/mol. The number of aromatic amines is 1. The first-order chi connectivity index (χ1) is 12.6. The topological polar surface area (TPSA) is 138 Å². The number of nitro groups is 1. The first-order valence-electron chi connectivity index (χ1n) is 7.57. The zero-order valence-electron chi connectivity index (χ0n) is 13.7. The number of carbonyl (C=O) groups is 1. The average molecular weight is 358 g/mol. The maximum absolute atomic E-state index is 12.0. The minimum absolute atomic E-state index is 0.0395. The third-order valence-corrected chi connectivity index (χ3v) is 3.34. The molecule has 11 heteroatoms. The van der Waals surface area contributed by atoms with Crippen molar-refractivity contribution in [2.75, 3.05) is 6.61 Å². The van der Waals surface area contributed by atoms with Crippen LogP contribution in [0.15, 0.2) is 36.7 Å². The molecule has 0 aliphatic carbocycles. The van der Waals surface area contributed by atoms with Gasteiger partial charge in [0.1, 0.15) is 23.8 Å². The standard InChI is InChI=1S/C15H14N6O5/c1-2-25-15(22)14-13(17-19-18-14)11-5-3-4-6-12(11)26-9-20-8-10(7-16-20)21(23)24/h3-8H,2,9H2,1H3,(H,17,18,19). The van der Waals surface area contributed by atoms with Gasteiger partial charge in [0.25, 0.3) is 0 Å². The minimum atomic E-state index is -0.603. The number of hydrogen-bond acceptors (Lipinski definition) is 8. The average Bonchev–Trinajstić information content (AvgIpc) is 3.30. The van der Waals surface area contributed by atoms with Gasteiger partial charge >= 0.3 is 11.7 Å². The molecule has 2 heterocycles. The third-order valence-electron chi connectivity index (χ3n) is 3.34. The van der Waals surface area contributed by atoms with Gasteiger partial charge in [-0.1, -0.05) is 12.1 Å². The molecular formula is C15H14N6O5. The Labute approximate surface area is 146 Å². The van der Waals surface area contributed by atoms with Crippen molar-refractivity contribution < 1.29 is 19.2 Å². The SMILES string of the molecule is CCOC(=O)c1n[nH]nc1-c1ccccc1OCn1cc([N+](=O)[O-])cn1. The molecule has 0 spiro atoms. The van der Waals surface area contributed by atoms with E-state index in [0.717, 1.165) is 6.20 Å². The Balaban J connectivity index is 1.84. The van der Waals surface area contributed by atoms with E-state index in [2.05, 4.69) is 20.5 Å². The molecule has 0 saturated heterocycles. The van der Waals surface area contributed by atoms with Gasteiger partial charge < -0.3 is 9.47 Å². The van der Waals surface area contributed by atoms with Gasteiger partial charge in [0.15, 0.2) is 12.4 Å². The Bertz CT molecular complexity index is 934. The van der Waals surface area contributed by atoms with Crippen molar-refractivity contribution in [1.82, 2.24) is 25.2 Å². The van der Waals surface area contributed by atoms with Crippen LogP contribution < -0.4 is 4.74 Å². The summed E-state index contributed by atoms with van der Waals surface area (Å²) in [6.45, 7) is 1.84. The second kappa shape index (κ2) is 7.42. The highest BCUT2D eigenvalue weighted by Crippen LogP contribution is 2.30. The van der Waals surface area contributed by atoms with Crippen LogP contribution in [0, 0.1) is 10.1 Å². The molecule has 3 aromatic rings. The number of ether oxygens (including phenoxy) is 2. The van der Waals surface area contributed by atoms with E-state index in [4.69, 9.17) is 9.47 Å². The summed E-state index contributed by atoms with van der Waals surface area (Å²) in [6, 6.07) is 6.89. The van der Waals surface area contributed by atoms with Gasteiger partial charge in [-0.3, -0.25) is 10.1 Å². The fourth-order valence-electron chi connectivity index (χ4n) is 2.20. The lowest BCUT2D eigenvalue weighted by atomic mass is 10.1. The summed E-state index contributed by atoms with van der Waals surface area (Å²) in [5.41, 5.74) is 0.706. The maximum Gasteiger partial charge on any atom is 0.361 e. The number of carbonyl (C=O) groups excluding carboxylic acids is 1. The highest BCUT2D eigenvalue weighted by molar-refractivity contribution is 5.94. The molecule has 0 bridgehead atoms. The molecule has 134 valence electrons. The van der Waals surface area contributed by atoms with Crippen LogP contribution in [0.4, 0.5) is 5.69 Å². The van der Waals surface area contributed by atoms with Gasteiger partial charge in [-0.25, -0.2) is 9.48 Å². The van der Waals surface area contributed by atoms with Crippen LogP contribution >= 0.6 is 0 Å². The molecular weight excluding hydrogens is 344 g/mol. The number of hydrogen-bond donors (Lipinski definition) is 1. The van der Waals surface area contributed by atoms with Gasteiger partial charge in [0.2, 0.25) is 0 Å². The number of H-pyrrole nitrogens is 1. The minimum Gasteiger partial charge on any atom is -0.471 e. The van der Waals surface area contributed by atoms with Crippen molar-refractivity contribution in [3.05, 3.63) is 52.5 Å². The first kappa shape index (κ1) is 17.1. The molecule has 3 rings (SSSR count). The van der Waals surface area contributed by atoms with Crippen molar-refractivity contribution in [2.24, 2.45) is 0 Å². The molecule has 1 N–H and O–H groups in total. The van der Waals surface area contributed by atoms with Crippen molar-refractivity contribution in [2.45, 2.75) is 13.7 Å². The van der Waals surface area contributed by atoms with Gasteiger partial charge in [0, 0.05) is 5.56 Å². The zero-order chi connectivity index (χ0) is 18.5. The van der Waals surface area contributed by atoms with Crippen LogP contribution in [0.5, 0.6) is 5.75 Å². The zero-order valence-corrected chi connectivity index (χ0v) is 13.7. The Morgan fingerprint density at radius 1 is 1.35 bits per heavy atom. The summed E-state index contributed by atoms with van der Waals surface area (Å²) >= 11 is 0. The van der Waals surface area contributed by atoms with Crippen molar-refractivity contribution in [1.29, 1.82) is 0 Å². The Kier molecular flexibility index (Phi) is 4.87. The molecule has 11 nitrogen and oxygen atoms in total. The molecule has 0 amide bonds. The van der Waals surface area contributed by atoms with E-state index < -0.39 is 10.9 Å². The molecule has 0 atom stereocenters. The number of esters is 1. The van der Waals surface area contributed by atoms with E-state index in [-0.39, 0.29) is 30.4 Å². The number of nitrogens with one attached hydrogen (secondary N) is 1. The van der Waals surface area contributed by atoms with Gasteiger partial charge in [-0.15, -0.1) is 5.10 Å². The quantitative estimate of drug-likeness (QED) is 0.383. The van der Waals surface area contributed by atoms with Crippen LogP contribution in [-0.2, 0) is 11.5 Å². The normalized spacial score (nSPS) is 10.5. The molecule has 0 radical (unpaired) electrons. The van der Waals surface area contributed by atoms with Crippen LogP contribution in [-0.4, -0.2) is 42.7 Å². The van der Waals surface area contributed by atoms with Gasteiger partial charge in [0.05, 0.1) is 11.5 Å². The fourth-order valence-corrected chi connectivity index (χ4v) is 2.20. The van der Waals surface area contributed by atoms with E-state index in [9.17, 15) is 14.9 Å². The van der Waals surface area contributed by atoms with Crippen molar-refractivity contribution in [3.8, 4) is 17.0 Å². The second-order valence-corrected chi connectivity index (χ2v) is 5.01. The Hall–Kier alpha value is -3.76. The molecule has 0 aliphatic heterocycles. The molecule has 1 aromatic carbocycles. The van der Waals surface area contributed by atoms with Crippen LogP contribution in [0.25, 0.3) is 11.3 Å². The van der Waals surface area contributed by atoms with E-state index in [1.54, 1.807) is 31.2 Å². The predicted molar refractivity (Wildman–Crippen MR) is 87.3 cm³/mol. The first-order valence-corrected chi connectivity index (χ1v) is 7.57. The third kappa shape index (κ3) is 3.50. The molecule has 0 unspecified atom stereocenters. The number of rotatable bonds is 7.